The predicted octanol–water partition coefficient (Wildman–Crippen LogP) is 1.21. The van der Waals surface area contributed by atoms with E-state index in [-0.39, 0.29) is 17.6 Å². The van der Waals surface area contributed by atoms with Crippen LogP contribution in [0.3, 0.4) is 0 Å². The molecule has 6 nitrogen and oxygen atoms in total. The fourth-order valence-corrected chi connectivity index (χ4v) is 2.21. The van der Waals surface area contributed by atoms with Gasteiger partial charge in [-0.1, -0.05) is 13.8 Å². The van der Waals surface area contributed by atoms with Crippen LogP contribution in [0.5, 0.6) is 0 Å². The summed E-state index contributed by atoms with van der Waals surface area (Å²) >= 11 is 0. The Labute approximate surface area is 116 Å². The summed E-state index contributed by atoms with van der Waals surface area (Å²) in [6.45, 7) is 4.62. The molecule has 0 bridgehead atoms. The molecule has 0 radical (unpaired) electrons. The van der Waals surface area contributed by atoms with Crippen LogP contribution in [0.4, 0.5) is 15.0 Å². The lowest BCUT2D eigenvalue weighted by Crippen LogP contribution is -2.60. The van der Waals surface area contributed by atoms with Crippen LogP contribution >= 0.6 is 0 Å². The van der Waals surface area contributed by atoms with Crippen LogP contribution in [0.25, 0.3) is 0 Å². The molecule has 2 heterocycles. The summed E-state index contributed by atoms with van der Waals surface area (Å²) in [6.07, 6.45) is 1.03. The van der Waals surface area contributed by atoms with Crippen LogP contribution in [-0.2, 0) is 4.79 Å². The van der Waals surface area contributed by atoms with Crippen molar-refractivity contribution < 1.29 is 14.0 Å². The first-order valence-corrected chi connectivity index (χ1v) is 6.46. The zero-order valence-corrected chi connectivity index (χ0v) is 11.4. The quantitative estimate of drug-likeness (QED) is 0.855. The molecular formula is C13H17FN4O2. The van der Waals surface area contributed by atoms with Crippen LogP contribution < -0.4 is 10.6 Å². The Bertz CT molecular complexity index is 504. The summed E-state index contributed by atoms with van der Waals surface area (Å²) in [6, 6.07) is 1.68. The highest BCUT2D eigenvalue weighted by Crippen LogP contribution is 2.15. The van der Waals surface area contributed by atoms with E-state index >= 15 is 0 Å². The third kappa shape index (κ3) is 3.04. The number of halogens is 1. The van der Waals surface area contributed by atoms with Crippen molar-refractivity contribution in [2.45, 2.75) is 19.9 Å². The van der Waals surface area contributed by atoms with Gasteiger partial charge in [-0.25, -0.2) is 14.2 Å². The molecule has 7 heteroatoms. The van der Waals surface area contributed by atoms with Crippen LogP contribution in [0, 0.1) is 11.7 Å². The maximum Gasteiger partial charge on any atom is 0.323 e. The molecule has 2 rings (SSSR count). The van der Waals surface area contributed by atoms with E-state index in [0.29, 0.717) is 13.1 Å². The number of aromatic nitrogens is 1. The number of pyridine rings is 1. The van der Waals surface area contributed by atoms with Gasteiger partial charge in [-0.2, -0.15) is 0 Å². The van der Waals surface area contributed by atoms with Gasteiger partial charge in [0.25, 0.3) is 0 Å². The second-order valence-electron chi connectivity index (χ2n) is 4.97. The van der Waals surface area contributed by atoms with Gasteiger partial charge in [0.15, 0.2) is 0 Å². The molecule has 1 fully saturated rings. The standard InChI is InChI=1S/C13H17FN4O2/c1-8(2)11-12(19)15-5-6-18(11)13(20)17-10-4-3-9(14)7-16-10/h3-4,7-8,11H,5-6H2,1-2H3,(H,15,19)(H,16,17,20). The molecule has 2 N–H and O–H groups in total. The van der Waals surface area contributed by atoms with Crippen molar-refractivity contribution >= 4 is 17.8 Å². The first-order chi connectivity index (χ1) is 9.49. The minimum atomic E-state index is -0.510. The van der Waals surface area contributed by atoms with Gasteiger partial charge in [-0.15, -0.1) is 0 Å². The number of amides is 3. The van der Waals surface area contributed by atoms with Gasteiger partial charge < -0.3 is 10.2 Å². The molecule has 1 aliphatic rings. The number of hydrogen-bond acceptors (Lipinski definition) is 3. The Hall–Kier alpha value is -2.18. The number of nitrogens with zero attached hydrogens (tertiary/aromatic N) is 2. The molecule has 1 aromatic heterocycles. The molecule has 1 unspecified atom stereocenters. The topological polar surface area (TPSA) is 74.3 Å². The van der Waals surface area contributed by atoms with Gasteiger partial charge >= 0.3 is 6.03 Å². The maximum absolute atomic E-state index is 12.8. The maximum atomic E-state index is 12.8. The number of piperazine rings is 1. The highest BCUT2D eigenvalue weighted by molar-refractivity contribution is 5.94. The number of anilines is 1. The Morgan fingerprint density at radius 2 is 2.30 bits per heavy atom. The summed E-state index contributed by atoms with van der Waals surface area (Å²) in [5.74, 6) is -0.374. The lowest BCUT2D eigenvalue weighted by atomic mass is 10.00. The molecule has 108 valence electrons. The molecule has 1 atom stereocenters. The largest absolute Gasteiger partial charge is 0.353 e. The third-order valence-electron chi connectivity index (χ3n) is 3.11. The zero-order chi connectivity index (χ0) is 14.7. The van der Waals surface area contributed by atoms with E-state index in [1.165, 1.54) is 17.0 Å². The van der Waals surface area contributed by atoms with E-state index in [4.69, 9.17) is 0 Å². The molecule has 0 aliphatic carbocycles. The summed E-state index contributed by atoms with van der Waals surface area (Å²) in [7, 11) is 0. The molecular weight excluding hydrogens is 263 g/mol. The van der Waals surface area contributed by atoms with Crippen molar-refractivity contribution in [2.24, 2.45) is 5.92 Å². The van der Waals surface area contributed by atoms with E-state index in [0.717, 1.165) is 6.20 Å². The third-order valence-corrected chi connectivity index (χ3v) is 3.11. The fraction of sp³-hybridized carbons (Fsp3) is 0.462. The number of rotatable bonds is 2. The average Bonchev–Trinajstić information content (AvgIpc) is 2.40. The number of carbonyl (C=O) groups is 2. The van der Waals surface area contributed by atoms with Crippen molar-refractivity contribution in [1.82, 2.24) is 15.2 Å². The zero-order valence-electron chi connectivity index (χ0n) is 11.4. The van der Waals surface area contributed by atoms with Crippen molar-refractivity contribution in [3.8, 4) is 0 Å². The first-order valence-electron chi connectivity index (χ1n) is 6.46. The number of urea groups is 1. The van der Waals surface area contributed by atoms with Gasteiger partial charge in [0.05, 0.1) is 6.20 Å². The number of carbonyl (C=O) groups excluding carboxylic acids is 2. The minimum absolute atomic E-state index is 0.00206. The van der Waals surface area contributed by atoms with E-state index < -0.39 is 17.9 Å². The van der Waals surface area contributed by atoms with Gasteiger partial charge in [0.1, 0.15) is 17.7 Å². The number of nitrogens with one attached hydrogen (secondary N) is 2. The molecule has 1 aromatic rings. The summed E-state index contributed by atoms with van der Waals surface area (Å²) in [4.78, 5) is 29.3. The first kappa shape index (κ1) is 14.2. The van der Waals surface area contributed by atoms with Gasteiger partial charge in [0.2, 0.25) is 5.91 Å². The molecule has 0 spiro atoms. The normalized spacial score (nSPS) is 18.9. The molecule has 0 aromatic carbocycles. The highest BCUT2D eigenvalue weighted by atomic mass is 19.1. The number of hydrogen-bond donors (Lipinski definition) is 2. The van der Waals surface area contributed by atoms with Crippen molar-refractivity contribution in [1.29, 1.82) is 0 Å². The molecule has 0 saturated carbocycles. The van der Waals surface area contributed by atoms with Gasteiger partial charge in [-0.3, -0.25) is 10.1 Å². The summed E-state index contributed by atoms with van der Waals surface area (Å²) < 4.78 is 12.8. The smallest absolute Gasteiger partial charge is 0.323 e. The van der Waals surface area contributed by atoms with E-state index in [1.807, 2.05) is 13.8 Å². The fourth-order valence-electron chi connectivity index (χ4n) is 2.21. The van der Waals surface area contributed by atoms with Crippen molar-refractivity contribution in [3.05, 3.63) is 24.1 Å². The Kier molecular flexibility index (Phi) is 4.16. The van der Waals surface area contributed by atoms with Crippen molar-refractivity contribution in [3.63, 3.8) is 0 Å². The highest BCUT2D eigenvalue weighted by Gasteiger charge is 2.35. The summed E-state index contributed by atoms with van der Waals surface area (Å²) in [5.41, 5.74) is 0. The SMILES string of the molecule is CC(C)C1C(=O)NCCN1C(=O)Nc1ccc(F)cn1. The Balaban J connectivity index is 2.10. The molecule has 20 heavy (non-hydrogen) atoms. The molecule has 3 amide bonds. The van der Waals surface area contributed by atoms with Crippen LogP contribution in [0.2, 0.25) is 0 Å². The second-order valence-corrected chi connectivity index (χ2v) is 4.97. The molecule has 1 aliphatic heterocycles. The Morgan fingerprint density at radius 3 is 2.90 bits per heavy atom. The lowest BCUT2D eigenvalue weighted by Gasteiger charge is -2.37. The molecule has 1 saturated heterocycles. The summed E-state index contributed by atoms with van der Waals surface area (Å²) in [5, 5.41) is 5.32. The van der Waals surface area contributed by atoms with E-state index in [9.17, 15) is 14.0 Å². The monoisotopic (exact) mass is 280 g/mol. The van der Waals surface area contributed by atoms with Crippen LogP contribution in [-0.4, -0.2) is 41.0 Å². The van der Waals surface area contributed by atoms with E-state index in [1.54, 1.807) is 0 Å². The van der Waals surface area contributed by atoms with Gasteiger partial charge in [0, 0.05) is 13.1 Å². The average molecular weight is 280 g/mol. The van der Waals surface area contributed by atoms with Crippen LogP contribution in [0.15, 0.2) is 18.3 Å². The Morgan fingerprint density at radius 1 is 1.55 bits per heavy atom. The van der Waals surface area contributed by atoms with Gasteiger partial charge in [-0.05, 0) is 18.1 Å². The van der Waals surface area contributed by atoms with Crippen LogP contribution in [0.1, 0.15) is 13.8 Å². The minimum Gasteiger partial charge on any atom is -0.353 e. The van der Waals surface area contributed by atoms with E-state index in [2.05, 4.69) is 15.6 Å². The van der Waals surface area contributed by atoms with Crippen molar-refractivity contribution in [2.75, 3.05) is 18.4 Å². The predicted molar refractivity (Wildman–Crippen MR) is 71.6 cm³/mol. The lowest BCUT2D eigenvalue weighted by molar-refractivity contribution is -0.129. The second kappa shape index (κ2) is 5.85.